The van der Waals surface area contributed by atoms with Crippen LogP contribution in [0, 0.1) is 0 Å². The standard InChI is InChI=1S/C19H22N4O3S/c1-5-26-17(24)11-23-14-7-6-13(12(2)3)10-16(14)27-19(23)21-18(25)15-8-9-20-22(15)4/h6-10,12H,5,11H2,1-4H3. The van der Waals surface area contributed by atoms with E-state index in [4.69, 9.17) is 4.74 Å². The van der Waals surface area contributed by atoms with Crippen LogP contribution in [-0.4, -0.2) is 32.8 Å². The highest BCUT2D eigenvalue weighted by atomic mass is 32.1. The molecular weight excluding hydrogens is 364 g/mol. The first kappa shape index (κ1) is 19.0. The molecule has 8 heteroatoms. The third kappa shape index (κ3) is 4.00. The lowest BCUT2D eigenvalue weighted by Gasteiger charge is -2.07. The van der Waals surface area contributed by atoms with Crippen LogP contribution in [0.4, 0.5) is 0 Å². The second-order valence-electron chi connectivity index (χ2n) is 6.41. The molecule has 0 unspecified atom stereocenters. The molecule has 2 aromatic heterocycles. The largest absolute Gasteiger partial charge is 0.465 e. The van der Waals surface area contributed by atoms with E-state index in [1.807, 2.05) is 12.1 Å². The predicted molar refractivity (Wildman–Crippen MR) is 104 cm³/mol. The number of carbonyl (C=O) groups is 2. The van der Waals surface area contributed by atoms with Gasteiger partial charge < -0.3 is 9.30 Å². The summed E-state index contributed by atoms with van der Waals surface area (Å²) in [7, 11) is 1.69. The minimum Gasteiger partial charge on any atom is -0.465 e. The number of hydrogen-bond donors (Lipinski definition) is 0. The Balaban J connectivity index is 2.14. The molecule has 1 aromatic carbocycles. The first-order chi connectivity index (χ1) is 12.9. The molecule has 0 fully saturated rings. The van der Waals surface area contributed by atoms with Gasteiger partial charge in [0.2, 0.25) is 0 Å². The molecule has 142 valence electrons. The van der Waals surface area contributed by atoms with Crippen LogP contribution < -0.4 is 4.80 Å². The van der Waals surface area contributed by atoms with Crippen molar-refractivity contribution >= 4 is 33.4 Å². The van der Waals surface area contributed by atoms with Crippen molar-refractivity contribution in [3.63, 3.8) is 0 Å². The number of rotatable bonds is 5. The van der Waals surface area contributed by atoms with Crippen LogP contribution in [0.1, 0.15) is 42.7 Å². The summed E-state index contributed by atoms with van der Waals surface area (Å²) in [6.45, 7) is 6.32. The molecule has 7 nitrogen and oxygen atoms in total. The summed E-state index contributed by atoms with van der Waals surface area (Å²) in [6, 6.07) is 7.70. The Hall–Kier alpha value is -2.74. The van der Waals surface area contributed by atoms with Crippen molar-refractivity contribution in [1.82, 2.24) is 14.3 Å². The average Bonchev–Trinajstić information content (AvgIpc) is 3.18. The normalized spacial score (nSPS) is 12.1. The number of aryl methyl sites for hydroxylation is 1. The quantitative estimate of drug-likeness (QED) is 0.632. The molecule has 0 aliphatic carbocycles. The molecule has 27 heavy (non-hydrogen) atoms. The van der Waals surface area contributed by atoms with Crippen molar-refractivity contribution in [2.75, 3.05) is 6.61 Å². The molecule has 1 amide bonds. The fourth-order valence-corrected chi connectivity index (χ4v) is 3.83. The van der Waals surface area contributed by atoms with Crippen molar-refractivity contribution < 1.29 is 14.3 Å². The highest BCUT2D eigenvalue weighted by Crippen LogP contribution is 2.23. The molecular formula is C19H22N4O3S. The predicted octanol–water partition coefficient (Wildman–Crippen LogP) is 2.86. The van der Waals surface area contributed by atoms with E-state index in [2.05, 4.69) is 30.0 Å². The summed E-state index contributed by atoms with van der Waals surface area (Å²) >= 11 is 1.39. The summed E-state index contributed by atoms with van der Waals surface area (Å²) in [5.41, 5.74) is 2.43. The second kappa shape index (κ2) is 7.87. The minimum absolute atomic E-state index is 0.00631. The first-order valence-corrected chi connectivity index (χ1v) is 9.58. The van der Waals surface area contributed by atoms with Crippen LogP contribution in [0.2, 0.25) is 0 Å². The molecule has 0 N–H and O–H groups in total. The van der Waals surface area contributed by atoms with E-state index in [9.17, 15) is 9.59 Å². The molecule has 2 heterocycles. The Morgan fingerprint density at radius 2 is 2.07 bits per heavy atom. The van der Waals surface area contributed by atoms with Gasteiger partial charge in [-0.1, -0.05) is 31.3 Å². The summed E-state index contributed by atoms with van der Waals surface area (Å²) in [6.07, 6.45) is 1.55. The Kier molecular flexibility index (Phi) is 5.55. The van der Waals surface area contributed by atoms with E-state index < -0.39 is 5.91 Å². The number of benzene rings is 1. The smallest absolute Gasteiger partial charge is 0.326 e. The number of amides is 1. The van der Waals surface area contributed by atoms with E-state index >= 15 is 0 Å². The molecule has 0 atom stereocenters. The van der Waals surface area contributed by atoms with Gasteiger partial charge in [0.1, 0.15) is 12.2 Å². The Bertz CT molecular complexity index is 1060. The second-order valence-corrected chi connectivity index (χ2v) is 7.42. The van der Waals surface area contributed by atoms with Crippen LogP contribution in [0.3, 0.4) is 0 Å². The summed E-state index contributed by atoms with van der Waals surface area (Å²) in [5.74, 6) is -0.380. The first-order valence-electron chi connectivity index (χ1n) is 8.76. The molecule has 3 rings (SSSR count). The van der Waals surface area contributed by atoms with Gasteiger partial charge in [0, 0.05) is 13.2 Å². The van der Waals surface area contributed by atoms with Crippen molar-refractivity contribution in [1.29, 1.82) is 0 Å². The highest BCUT2D eigenvalue weighted by molar-refractivity contribution is 7.16. The highest BCUT2D eigenvalue weighted by Gasteiger charge is 2.15. The maximum absolute atomic E-state index is 12.6. The SMILES string of the molecule is CCOC(=O)Cn1c(=NC(=O)c2ccnn2C)sc2cc(C(C)C)ccc21. The lowest BCUT2D eigenvalue weighted by Crippen LogP contribution is -2.23. The van der Waals surface area contributed by atoms with E-state index in [1.165, 1.54) is 21.6 Å². The van der Waals surface area contributed by atoms with Gasteiger partial charge >= 0.3 is 5.97 Å². The van der Waals surface area contributed by atoms with Crippen molar-refractivity contribution in [3.8, 4) is 0 Å². The van der Waals surface area contributed by atoms with Gasteiger partial charge in [0.25, 0.3) is 5.91 Å². The van der Waals surface area contributed by atoms with Gasteiger partial charge in [-0.15, -0.1) is 0 Å². The molecule has 0 radical (unpaired) electrons. The fraction of sp³-hybridized carbons (Fsp3) is 0.368. The number of thiazole rings is 1. The molecule has 0 spiro atoms. The molecule has 0 aliphatic heterocycles. The molecule has 0 saturated heterocycles. The number of hydrogen-bond acceptors (Lipinski definition) is 5. The van der Waals surface area contributed by atoms with E-state index in [0.717, 1.165) is 10.2 Å². The van der Waals surface area contributed by atoms with Crippen LogP contribution in [0.5, 0.6) is 0 Å². The zero-order valence-corrected chi connectivity index (χ0v) is 16.6. The molecule has 3 aromatic rings. The average molecular weight is 386 g/mol. The number of esters is 1. The van der Waals surface area contributed by atoms with E-state index in [1.54, 1.807) is 30.8 Å². The van der Waals surface area contributed by atoms with Crippen LogP contribution in [0.15, 0.2) is 35.5 Å². The minimum atomic E-state index is -0.400. The monoisotopic (exact) mass is 386 g/mol. The van der Waals surface area contributed by atoms with Gasteiger partial charge in [0.15, 0.2) is 4.80 Å². The summed E-state index contributed by atoms with van der Waals surface area (Å²) in [5, 5.41) is 4.01. The van der Waals surface area contributed by atoms with Crippen LogP contribution in [0.25, 0.3) is 10.2 Å². The topological polar surface area (TPSA) is 78.5 Å². The van der Waals surface area contributed by atoms with E-state index in [0.29, 0.717) is 23.0 Å². The van der Waals surface area contributed by atoms with Crippen LogP contribution in [-0.2, 0) is 23.1 Å². The lowest BCUT2D eigenvalue weighted by molar-refractivity contribution is -0.143. The molecule has 0 saturated carbocycles. The van der Waals surface area contributed by atoms with Gasteiger partial charge in [-0.25, -0.2) is 0 Å². The summed E-state index contributed by atoms with van der Waals surface area (Å²) < 4.78 is 9.27. The number of fused-ring (bicyclic) bond motifs is 1. The third-order valence-corrected chi connectivity index (χ3v) is 5.24. The number of ether oxygens (including phenoxy) is 1. The Morgan fingerprint density at radius 1 is 1.30 bits per heavy atom. The zero-order valence-electron chi connectivity index (χ0n) is 15.8. The molecule has 0 aliphatic rings. The van der Waals surface area contributed by atoms with Gasteiger partial charge in [-0.05, 0) is 36.6 Å². The number of carbonyl (C=O) groups excluding carboxylic acids is 2. The number of aromatic nitrogens is 3. The Morgan fingerprint density at radius 3 is 2.70 bits per heavy atom. The maximum atomic E-state index is 12.6. The van der Waals surface area contributed by atoms with Crippen molar-refractivity contribution in [3.05, 3.63) is 46.5 Å². The van der Waals surface area contributed by atoms with Gasteiger partial charge in [-0.3, -0.25) is 14.3 Å². The van der Waals surface area contributed by atoms with Gasteiger partial charge in [0.05, 0.1) is 16.8 Å². The molecule has 0 bridgehead atoms. The lowest BCUT2D eigenvalue weighted by atomic mass is 10.0. The third-order valence-electron chi connectivity index (χ3n) is 4.20. The van der Waals surface area contributed by atoms with Crippen molar-refractivity contribution in [2.24, 2.45) is 12.0 Å². The Labute approximate surface area is 160 Å². The summed E-state index contributed by atoms with van der Waals surface area (Å²) in [4.78, 5) is 29.4. The fourth-order valence-electron chi connectivity index (χ4n) is 2.75. The van der Waals surface area contributed by atoms with Gasteiger partial charge in [-0.2, -0.15) is 10.1 Å². The van der Waals surface area contributed by atoms with Crippen LogP contribution >= 0.6 is 11.3 Å². The van der Waals surface area contributed by atoms with E-state index in [-0.39, 0.29) is 12.5 Å². The zero-order chi connectivity index (χ0) is 19.6. The maximum Gasteiger partial charge on any atom is 0.326 e. The van der Waals surface area contributed by atoms with Crippen molar-refractivity contribution in [2.45, 2.75) is 33.2 Å². The number of nitrogens with zero attached hydrogens (tertiary/aromatic N) is 4.